The first kappa shape index (κ1) is 13.5. The molecule has 0 spiro atoms. The van der Waals surface area contributed by atoms with Gasteiger partial charge in [0.25, 0.3) is 0 Å². The number of benzene rings is 1. The highest BCUT2D eigenvalue weighted by Gasteiger charge is 2.29. The van der Waals surface area contributed by atoms with Crippen LogP contribution in [0, 0.1) is 0 Å². The topological polar surface area (TPSA) is 75.4 Å². The Hall–Kier alpha value is -0.970. The largest absolute Gasteiger partial charge is 0.508 e. The van der Waals surface area contributed by atoms with Gasteiger partial charge >= 0.3 is 0 Å². The van der Waals surface area contributed by atoms with Crippen LogP contribution in [0.2, 0.25) is 10.0 Å². The summed E-state index contributed by atoms with van der Waals surface area (Å²) in [5, 5.41) is 13.7. The molecule has 4 nitrogen and oxygen atoms in total. The third-order valence-corrected chi connectivity index (χ3v) is 4.08. The molecule has 0 bridgehead atoms. The summed E-state index contributed by atoms with van der Waals surface area (Å²) in [6.07, 6.45) is 1.29. The monoisotopic (exact) mass is 288 g/mol. The van der Waals surface area contributed by atoms with Crippen LogP contribution in [0.1, 0.15) is 24.3 Å². The van der Waals surface area contributed by atoms with Gasteiger partial charge in [-0.25, -0.2) is 0 Å². The normalized spacial score (nSPS) is 23.9. The number of hydrogen-bond acceptors (Lipinski definition) is 3. The average Bonchev–Trinajstić information content (AvgIpc) is 2.35. The molecular formula is C12H14Cl2N2O2. The molecule has 0 aliphatic carbocycles. The standard InChI is InChI=1S/C12H14Cl2N2O2/c13-7-1-2-9(17)10(11(7)14)6-3-4-16-8(5-6)12(15)18/h1-2,6,8,16-17H,3-5H2,(H2,15,18)/t6-,8+/m1/s1. The average molecular weight is 289 g/mol. The quantitative estimate of drug-likeness (QED) is 0.779. The van der Waals surface area contributed by atoms with E-state index in [1.54, 1.807) is 6.07 Å². The second-order valence-corrected chi connectivity index (χ2v) is 5.21. The van der Waals surface area contributed by atoms with Crippen LogP contribution in [0.15, 0.2) is 12.1 Å². The van der Waals surface area contributed by atoms with Gasteiger partial charge < -0.3 is 16.2 Å². The molecule has 0 unspecified atom stereocenters. The molecule has 0 saturated carbocycles. The predicted octanol–water partition coefficient (Wildman–Crippen LogP) is 2.02. The van der Waals surface area contributed by atoms with Gasteiger partial charge in [-0.3, -0.25) is 4.79 Å². The Labute approximate surface area is 115 Å². The van der Waals surface area contributed by atoms with E-state index in [1.165, 1.54) is 6.07 Å². The molecule has 1 aliphatic rings. The van der Waals surface area contributed by atoms with Gasteiger partial charge in [0.05, 0.1) is 16.1 Å². The zero-order valence-electron chi connectivity index (χ0n) is 9.62. The van der Waals surface area contributed by atoms with E-state index in [4.69, 9.17) is 28.9 Å². The summed E-state index contributed by atoms with van der Waals surface area (Å²) >= 11 is 12.1. The fourth-order valence-corrected chi connectivity index (χ4v) is 2.82. The van der Waals surface area contributed by atoms with Crippen molar-refractivity contribution in [1.29, 1.82) is 0 Å². The van der Waals surface area contributed by atoms with Gasteiger partial charge in [0.2, 0.25) is 5.91 Å². The first-order valence-corrected chi connectivity index (χ1v) is 6.46. The summed E-state index contributed by atoms with van der Waals surface area (Å²) in [6, 6.07) is 2.68. The number of aromatic hydroxyl groups is 1. The van der Waals surface area contributed by atoms with Crippen LogP contribution in [-0.2, 0) is 4.79 Å². The Balaban J connectivity index is 2.31. The number of piperidine rings is 1. The number of primary amides is 1. The van der Waals surface area contributed by atoms with E-state index in [0.29, 0.717) is 28.6 Å². The molecular weight excluding hydrogens is 275 g/mol. The Morgan fingerprint density at radius 2 is 2.17 bits per heavy atom. The molecule has 1 aromatic rings. The molecule has 1 aromatic carbocycles. The van der Waals surface area contributed by atoms with Crippen LogP contribution in [-0.4, -0.2) is 23.6 Å². The lowest BCUT2D eigenvalue weighted by Crippen LogP contribution is -2.46. The Morgan fingerprint density at radius 1 is 1.44 bits per heavy atom. The molecule has 2 rings (SSSR count). The van der Waals surface area contributed by atoms with Crippen LogP contribution in [0.25, 0.3) is 0 Å². The summed E-state index contributed by atoms with van der Waals surface area (Å²) < 4.78 is 0. The number of halogens is 2. The van der Waals surface area contributed by atoms with Gasteiger partial charge in [-0.05, 0) is 37.4 Å². The Kier molecular flexibility index (Phi) is 4.00. The SMILES string of the molecule is NC(=O)[C@@H]1C[C@H](c2c(O)ccc(Cl)c2Cl)CCN1. The fraction of sp³-hybridized carbons (Fsp3) is 0.417. The molecule has 4 N–H and O–H groups in total. The van der Waals surface area contributed by atoms with E-state index < -0.39 is 11.9 Å². The van der Waals surface area contributed by atoms with Crippen LogP contribution in [0.5, 0.6) is 5.75 Å². The summed E-state index contributed by atoms with van der Waals surface area (Å²) in [7, 11) is 0. The van der Waals surface area contributed by atoms with Crippen LogP contribution >= 0.6 is 23.2 Å². The molecule has 1 amide bonds. The Morgan fingerprint density at radius 3 is 2.83 bits per heavy atom. The van der Waals surface area contributed by atoms with Gasteiger partial charge in [-0.1, -0.05) is 23.2 Å². The number of phenols is 1. The molecule has 2 atom stereocenters. The van der Waals surface area contributed by atoms with E-state index in [0.717, 1.165) is 6.42 Å². The van der Waals surface area contributed by atoms with Gasteiger partial charge in [-0.15, -0.1) is 0 Å². The summed E-state index contributed by atoms with van der Waals surface area (Å²) in [4.78, 5) is 11.2. The van der Waals surface area contributed by atoms with E-state index in [1.807, 2.05) is 0 Å². The maximum absolute atomic E-state index is 11.2. The third-order valence-electron chi connectivity index (χ3n) is 3.27. The lowest BCUT2D eigenvalue weighted by atomic mass is 9.85. The number of carbonyl (C=O) groups excluding carboxylic acids is 1. The second-order valence-electron chi connectivity index (χ2n) is 4.42. The minimum Gasteiger partial charge on any atom is -0.508 e. The van der Waals surface area contributed by atoms with Crippen molar-refractivity contribution >= 4 is 29.1 Å². The molecule has 1 fully saturated rings. The molecule has 0 aromatic heterocycles. The molecule has 98 valence electrons. The van der Waals surface area contributed by atoms with Crippen molar-refractivity contribution in [3.8, 4) is 5.75 Å². The van der Waals surface area contributed by atoms with Crippen LogP contribution < -0.4 is 11.1 Å². The minimum atomic E-state index is -0.391. The lowest BCUT2D eigenvalue weighted by molar-refractivity contribution is -0.120. The first-order valence-electron chi connectivity index (χ1n) is 5.70. The van der Waals surface area contributed by atoms with Crippen molar-refractivity contribution < 1.29 is 9.90 Å². The maximum Gasteiger partial charge on any atom is 0.234 e. The highest BCUT2D eigenvalue weighted by Crippen LogP contribution is 2.41. The smallest absolute Gasteiger partial charge is 0.234 e. The lowest BCUT2D eigenvalue weighted by Gasteiger charge is -2.29. The molecule has 0 radical (unpaired) electrons. The van der Waals surface area contributed by atoms with Crippen LogP contribution in [0.3, 0.4) is 0 Å². The minimum absolute atomic E-state index is 0.0186. The summed E-state index contributed by atoms with van der Waals surface area (Å²) in [5.74, 6) is -0.299. The third kappa shape index (κ3) is 2.55. The number of phenolic OH excluding ortho intramolecular Hbond substituents is 1. The zero-order valence-corrected chi connectivity index (χ0v) is 11.1. The molecule has 1 heterocycles. The van der Waals surface area contributed by atoms with Crippen molar-refractivity contribution in [2.45, 2.75) is 24.8 Å². The molecule has 6 heteroatoms. The molecule has 18 heavy (non-hydrogen) atoms. The summed E-state index contributed by atoms with van der Waals surface area (Å²) in [5.41, 5.74) is 5.90. The highest BCUT2D eigenvalue weighted by atomic mass is 35.5. The fourth-order valence-electron chi connectivity index (χ4n) is 2.34. The van der Waals surface area contributed by atoms with Gasteiger partial charge in [-0.2, -0.15) is 0 Å². The summed E-state index contributed by atoms with van der Waals surface area (Å²) in [6.45, 7) is 0.653. The maximum atomic E-state index is 11.2. The van der Waals surface area contributed by atoms with E-state index in [9.17, 15) is 9.90 Å². The van der Waals surface area contributed by atoms with E-state index in [-0.39, 0.29) is 11.7 Å². The highest BCUT2D eigenvalue weighted by molar-refractivity contribution is 6.42. The number of nitrogens with one attached hydrogen (secondary N) is 1. The van der Waals surface area contributed by atoms with E-state index in [2.05, 4.69) is 5.32 Å². The number of rotatable bonds is 2. The van der Waals surface area contributed by atoms with Crippen molar-refractivity contribution in [1.82, 2.24) is 5.32 Å². The van der Waals surface area contributed by atoms with Gasteiger partial charge in [0.1, 0.15) is 5.75 Å². The van der Waals surface area contributed by atoms with Gasteiger partial charge in [0.15, 0.2) is 0 Å². The Bertz CT molecular complexity index is 479. The number of nitrogens with two attached hydrogens (primary N) is 1. The first-order chi connectivity index (χ1) is 8.50. The number of amides is 1. The number of hydrogen-bond donors (Lipinski definition) is 3. The second kappa shape index (κ2) is 5.34. The molecule has 1 aliphatic heterocycles. The van der Waals surface area contributed by atoms with Crippen molar-refractivity contribution in [2.75, 3.05) is 6.54 Å². The van der Waals surface area contributed by atoms with Crippen molar-refractivity contribution in [2.24, 2.45) is 5.73 Å². The molecule has 1 saturated heterocycles. The van der Waals surface area contributed by atoms with Crippen molar-refractivity contribution in [3.05, 3.63) is 27.7 Å². The predicted molar refractivity (Wildman–Crippen MR) is 71.1 cm³/mol. The van der Waals surface area contributed by atoms with Crippen molar-refractivity contribution in [3.63, 3.8) is 0 Å². The van der Waals surface area contributed by atoms with Gasteiger partial charge in [0, 0.05) is 5.56 Å². The number of carbonyl (C=O) groups is 1. The van der Waals surface area contributed by atoms with Crippen LogP contribution in [0.4, 0.5) is 0 Å². The zero-order chi connectivity index (χ0) is 13.3. The van der Waals surface area contributed by atoms with E-state index >= 15 is 0 Å².